The van der Waals surface area contributed by atoms with Gasteiger partial charge in [-0.3, -0.25) is 4.79 Å². The van der Waals surface area contributed by atoms with Gasteiger partial charge in [0, 0.05) is 10.1 Å². The van der Waals surface area contributed by atoms with E-state index >= 15 is 0 Å². The highest BCUT2D eigenvalue weighted by Crippen LogP contribution is 2.38. The first-order chi connectivity index (χ1) is 15.1. The highest BCUT2D eigenvalue weighted by Gasteiger charge is 2.26. The largest absolute Gasteiger partial charge is 0.292 e. The van der Waals surface area contributed by atoms with Crippen LogP contribution in [0.15, 0.2) is 77.9 Å². The average molecular weight is 462 g/mol. The van der Waals surface area contributed by atoms with Crippen molar-refractivity contribution < 1.29 is 4.79 Å². The SMILES string of the molecule is Cc1ccc2nc(N(/N=C/c3ccccc3)C(=O)c3sc4ccccc4c3Cl)sc2c1. The van der Waals surface area contributed by atoms with E-state index in [1.807, 2.05) is 73.7 Å². The van der Waals surface area contributed by atoms with Crippen LogP contribution in [-0.4, -0.2) is 17.1 Å². The number of anilines is 1. The Morgan fingerprint density at radius 1 is 1.00 bits per heavy atom. The minimum absolute atomic E-state index is 0.297. The molecule has 0 bridgehead atoms. The van der Waals surface area contributed by atoms with Gasteiger partial charge in [-0.25, -0.2) is 4.98 Å². The van der Waals surface area contributed by atoms with E-state index in [1.54, 1.807) is 6.21 Å². The number of carbonyl (C=O) groups excluding carboxylic acids is 1. The van der Waals surface area contributed by atoms with E-state index in [2.05, 4.69) is 16.2 Å². The van der Waals surface area contributed by atoms with Crippen LogP contribution in [0, 0.1) is 6.92 Å². The van der Waals surface area contributed by atoms with Gasteiger partial charge in [0.15, 0.2) is 0 Å². The lowest BCUT2D eigenvalue weighted by molar-refractivity contribution is 0.0992. The molecule has 0 aliphatic carbocycles. The summed E-state index contributed by atoms with van der Waals surface area (Å²) in [6, 6.07) is 23.4. The molecule has 152 valence electrons. The molecule has 4 nitrogen and oxygen atoms in total. The molecular formula is C24H16ClN3OS2. The molecule has 2 aromatic heterocycles. The quantitative estimate of drug-likeness (QED) is 0.210. The minimum Gasteiger partial charge on any atom is -0.266 e. The predicted molar refractivity (Wildman–Crippen MR) is 132 cm³/mol. The van der Waals surface area contributed by atoms with Crippen molar-refractivity contribution in [3.8, 4) is 0 Å². The van der Waals surface area contributed by atoms with Gasteiger partial charge >= 0.3 is 0 Å². The Morgan fingerprint density at radius 2 is 1.77 bits per heavy atom. The number of rotatable bonds is 4. The van der Waals surface area contributed by atoms with Gasteiger partial charge in [-0.2, -0.15) is 10.1 Å². The molecule has 7 heteroatoms. The topological polar surface area (TPSA) is 45.6 Å². The fourth-order valence-electron chi connectivity index (χ4n) is 3.21. The van der Waals surface area contributed by atoms with E-state index in [-0.39, 0.29) is 5.91 Å². The molecule has 0 aliphatic heterocycles. The first-order valence-corrected chi connectivity index (χ1v) is 11.6. The fourth-order valence-corrected chi connectivity index (χ4v) is 5.67. The van der Waals surface area contributed by atoms with Crippen molar-refractivity contribution in [3.63, 3.8) is 0 Å². The normalized spacial score (nSPS) is 11.5. The molecule has 5 aromatic rings. The molecule has 0 fully saturated rings. The Morgan fingerprint density at radius 3 is 2.58 bits per heavy atom. The van der Waals surface area contributed by atoms with Crippen LogP contribution in [0.2, 0.25) is 5.02 Å². The number of aryl methyl sites for hydroxylation is 1. The van der Waals surface area contributed by atoms with E-state index in [1.165, 1.54) is 27.7 Å². The van der Waals surface area contributed by atoms with Gasteiger partial charge < -0.3 is 0 Å². The van der Waals surface area contributed by atoms with Crippen molar-refractivity contribution in [2.75, 3.05) is 5.01 Å². The smallest absolute Gasteiger partial charge is 0.266 e. The summed E-state index contributed by atoms with van der Waals surface area (Å²) in [5, 5.41) is 7.69. The number of carbonyl (C=O) groups is 1. The summed E-state index contributed by atoms with van der Waals surface area (Å²) in [6.07, 6.45) is 1.66. The van der Waals surface area contributed by atoms with Crippen LogP contribution in [0.25, 0.3) is 20.3 Å². The number of hydrazone groups is 1. The zero-order valence-corrected chi connectivity index (χ0v) is 18.8. The third-order valence-electron chi connectivity index (χ3n) is 4.76. The number of thiophene rings is 1. The number of thiazole rings is 1. The van der Waals surface area contributed by atoms with Crippen LogP contribution in [0.3, 0.4) is 0 Å². The minimum atomic E-state index is -0.297. The molecule has 5 rings (SSSR count). The molecule has 1 amide bonds. The van der Waals surface area contributed by atoms with Gasteiger partial charge in [-0.05, 0) is 36.2 Å². The summed E-state index contributed by atoms with van der Waals surface area (Å²) in [7, 11) is 0. The van der Waals surface area contributed by atoms with Crippen LogP contribution in [0.4, 0.5) is 5.13 Å². The molecule has 2 heterocycles. The molecular weight excluding hydrogens is 446 g/mol. The first kappa shape index (κ1) is 19.9. The number of benzene rings is 3. The summed E-state index contributed by atoms with van der Waals surface area (Å²) in [5.41, 5.74) is 2.86. The van der Waals surface area contributed by atoms with Gasteiger partial charge in [-0.1, -0.05) is 77.5 Å². The van der Waals surface area contributed by atoms with Gasteiger partial charge in [0.2, 0.25) is 5.13 Å². The standard InChI is InChI=1S/C24H16ClN3OS2/c1-15-11-12-18-20(13-15)31-24(27-18)28(26-14-16-7-3-2-4-8-16)23(29)22-21(25)17-9-5-6-10-19(17)30-22/h2-14H,1H3/b26-14+. The molecule has 0 radical (unpaired) electrons. The lowest BCUT2D eigenvalue weighted by Gasteiger charge is -2.13. The van der Waals surface area contributed by atoms with Crippen LogP contribution >= 0.6 is 34.3 Å². The third-order valence-corrected chi connectivity index (χ3v) is 7.41. The zero-order valence-electron chi connectivity index (χ0n) is 16.4. The summed E-state index contributed by atoms with van der Waals surface area (Å²) in [4.78, 5) is 18.7. The molecule has 0 atom stereocenters. The molecule has 0 unspecified atom stereocenters. The summed E-state index contributed by atoms with van der Waals surface area (Å²) < 4.78 is 1.97. The van der Waals surface area contributed by atoms with Crippen molar-refractivity contribution in [1.29, 1.82) is 0 Å². The predicted octanol–water partition coefficient (Wildman–Crippen LogP) is 7.15. The fraction of sp³-hybridized carbons (Fsp3) is 0.0417. The lowest BCUT2D eigenvalue weighted by atomic mass is 10.2. The summed E-state index contributed by atoms with van der Waals surface area (Å²) in [6.45, 7) is 2.03. The first-order valence-electron chi connectivity index (χ1n) is 9.58. The van der Waals surface area contributed by atoms with Crippen molar-refractivity contribution in [1.82, 2.24) is 4.98 Å². The maximum Gasteiger partial charge on any atom is 0.292 e. The van der Waals surface area contributed by atoms with Crippen LogP contribution in [0.5, 0.6) is 0 Å². The molecule has 3 aromatic carbocycles. The Balaban J connectivity index is 1.62. The summed E-state index contributed by atoms with van der Waals surface area (Å²) in [5.74, 6) is -0.297. The van der Waals surface area contributed by atoms with Crippen molar-refractivity contribution in [2.45, 2.75) is 6.92 Å². The number of aromatic nitrogens is 1. The third kappa shape index (κ3) is 3.85. The summed E-state index contributed by atoms with van der Waals surface area (Å²) >= 11 is 9.39. The maximum absolute atomic E-state index is 13.6. The van der Waals surface area contributed by atoms with E-state index in [9.17, 15) is 4.79 Å². The zero-order chi connectivity index (χ0) is 21.4. The number of halogens is 1. The molecule has 31 heavy (non-hydrogen) atoms. The second-order valence-electron chi connectivity index (χ2n) is 6.98. The Kier molecular flexibility index (Phi) is 5.28. The van der Waals surface area contributed by atoms with Gasteiger partial charge in [0.25, 0.3) is 5.91 Å². The van der Waals surface area contributed by atoms with Gasteiger partial charge in [0.1, 0.15) is 4.88 Å². The van der Waals surface area contributed by atoms with E-state index in [0.717, 1.165) is 31.4 Å². The van der Waals surface area contributed by atoms with Crippen LogP contribution in [-0.2, 0) is 0 Å². The van der Waals surface area contributed by atoms with Crippen molar-refractivity contribution >= 4 is 71.8 Å². The van der Waals surface area contributed by atoms with Crippen LogP contribution < -0.4 is 5.01 Å². The molecule has 0 N–H and O–H groups in total. The van der Waals surface area contributed by atoms with E-state index < -0.39 is 0 Å². The van der Waals surface area contributed by atoms with E-state index in [4.69, 9.17) is 11.6 Å². The highest BCUT2D eigenvalue weighted by molar-refractivity contribution is 7.23. The Bertz CT molecular complexity index is 1440. The van der Waals surface area contributed by atoms with Crippen molar-refractivity contribution in [3.05, 3.63) is 93.8 Å². The van der Waals surface area contributed by atoms with E-state index in [0.29, 0.717) is 15.0 Å². The number of hydrogen-bond donors (Lipinski definition) is 0. The second-order valence-corrected chi connectivity index (χ2v) is 9.42. The lowest BCUT2D eigenvalue weighted by Crippen LogP contribution is -2.25. The average Bonchev–Trinajstić information content (AvgIpc) is 3.35. The number of hydrogen-bond acceptors (Lipinski definition) is 5. The number of fused-ring (bicyclic) bond motifs is 2. The monoisotopic (exact) mass is 461 g/mol. The van der Waals surface area contributed by atoms with Crippen LogP contribution in [0.1, 0.15) is 20.8 Å². The molecule has 0 aliphatic rings. The van der Waals surface area contributed by atoms with Gasteiger partial charge in [-0.15, -0.1) is 11.3 Å². The molecule has 0 saturated heterocycles. The maximum atomic E-state index is 13.6. The number of amides is 1. The molecule has 0 spiro atoms. The number of nitrogens with zero attached hydrogens (tertiary/aromatic N) is 3. The Labute approximate surface area is 192 Å². The van der Waals surface area contributed by atoms with Crippen molar-refractivity contribution in [2.24, 2.45) is 5.10 Å². The van der Waals surface area contributed by atoms with Gasteiger partial charge in [0.05, 0.1) is 21.5 Å². The Hall–Kier alpha value is -3.06. The highest BCUT2D eigenvalue weighted by atomic mass is 35.5. The second kappa shape index (κ2) is 8.23. The molecule has 0 saturated carbocycles.